The maximum absolute atomic E-state index is 5.70. The number of nitrogen functional groups attached to an aromatic ring is 1. The van der Waals surface area contributed by atoms with E-state index in [-0.39, 0.29) is 5.95 Å². The monoisotopic (exact) mass is 236 g/mol. The second-order valence-corrected chi connectivity index (χ2v) is 4.51. The standard InChI is InChI=1S/C12H20N4O/c1-14-10-7-11(16-12(13)15-10)17-8-9-5-3-2-4-6-9/h7,9H,2-6,8H2,1H3,(H3,13,14,15,16). The summed E-state index contributed by atoms with van der Waals surface area (Å²) in [7, 11) is 1.80. The van der Waals surface area contributed by atoms with Crippen molar-refractivity contribution in [1.29, 1.82) is 0 Å². The quantitative estimate of drug-likeness (QED) is 0.837. The molecule has 1 heterocycles. The number of rotatable bonds is 4. The van der Waals surface area contributed by atoms with E-state index in [2.05, 4.69) is 15.3 Å². The average molecular weight is 236 g/mol. The Morgan fingerprint density at radius 1 is 1.35 bits per heavy atom. The largest absolute Gasteiger partial charge is 0.477 e. The van der Waals surface area contributed by atoms with Gasteiger partial charge in [0.25, 0.3) is 0 Å². The van der Waals surface area contributed by atoms with E-state index < -0.39 is 0 Å². The first-order chi connectivity index (χ1) is 8.28. The van der Waals surface area contributed by atoms with Gasteiger partial charge in [-0.3, -0.25) is 0 Å². The fourth-order valence-electron chi connectivity index (χ4n) is 2.20. The molecule has 17 heavy (non-hydrogen) atoms. The molecule has 0 spiro atoms. The Morgan fingerprint density at radius 3 is 2.82 bits per heavy atom. The van der Waals surface area contributed by atoms with E-state index in [1.165, 1.54) is 32.1 Å². The molecule has 0 radical (unpaired) electrons. The number of aromatic nitrogens is 2. The third-order valence-corrected chi connectivity index (χ3v) is 3.17. The van der Waals surface area contributed by atoms with Gasteiger partial charge in [0.1, 0.15) is 5.82 Å². The fraction of sp³-hybridized carbons (Fsp3) is 0.667. The van der Waals surface area contributed by atoms with Gasteiger partial charge in [-0.25, -0.2) is 0 Å². The number of nitrogens with two attached hydrogens (primary N) is 1. The first-order valence-corrected chi connectivity index (χ1v) is 6.23. The molecule has 1 aliphatic carbocycles. The van der Waals surface area contributed by atoms with Crippen molar-refractivity contribution in [2.45, 2.75) is 32.1 Å². The van der Waals surface area contributed by atoms with E-state index in [1.807, 2.05) is 0 Å². The molecule has 94 valence electrons. The summed E-state index contributed by atoms with van der Waals surface area (Å²) in [6.07, 6.45) is 6.53. The second-order valence-electron chi connectivity index (χ2n) is 4.51. The summed E-state index contributed by atoms with van der Waals surface area (Å²) >= 11 is 0. The summed E-state index contributed by atoms with van der Waals surface area (Å²) in [4.78, 5) is 8.09. The van der Waals surface area contributed by atoms with Crippen LogP contribution in [0.5, 0.6) is 5.88 Å². The van der Waals surface area contributed by atoms with Crippen LogP contribution in [0, 0.1) is 5.92 Å². The van der Waals surface area contributed by atoms with Gasteiger partial charge in [-0.05, 0) is 18.8 Å². The molecule has 5 heteroatoms. The van der Waals surface area contributed by atoms with Gasteiger partial charge in [0.05, 0.1) is 6.61 Å². The SMILES string of the molecule is CNc1cc(OCC2CCCCC2)nc(N)n1. The summed E-state index contributed by atoms with van der Waals surface area (Å²) in [6.45, 7) is 0.736. The van der Waals surface area contributed by atoms with Crippen molar-refractivity contribution >= 4 is 11.8 Å². The number of hydrogen-bond acceptors (Lipinski definition) is 5. The Hall–Kier alpha value is -1.52. The van der Waals surface area contributed by atoms with Crippen LogP contribution in [0.3, 0.4) is 0 Å². The van der Waals surface area contributed by atoms with Crippen molar-refractivity contribution in [3.8, 4) is 5.88 Å². The summed E-state index contributed by atoms with van der Waals surface area (Å²) in [5.41, 5.74) is 5.60. The lowest BCUT2D eigenvalue weighted by Gasteiger charge is -2.21. The van der Waals surface area contributed by atoms with Gasteiger partial charge < -0.3 is 15.8 Å². The maximum atomic E-state index is 5.70. The minimum atomic E-state index is 0.246. The third-order valence-electron chi connectivity index (χ3n) is 3.17. The van der Waals surface area contributed by atoms with E-state index in [4.69, 9.17) is 10.5 Å². The highest BCUT2D eigenvalue weighted by Gasteiger charge is 2.14. The molecule has 0 aromatic carbocycles. The molecular formula is C12H20N4O. The number of ether oxygens (including phenoxy) is 1. The number of anilines is 2. The Morgan fingerprint density at radius 2 is 2.12 bits per heavy atom. The predicted octanol–water partition coefficient (Wildman–Crippen LogP) is 2.06. The minimum absolute atomic E-state index is 0.246. The van der Waals surface area contributed by atoms with E-state index in [0.29, 0.717) is 17.6 Å². The van der Waals surface area contributed by atoms with Crippen molar-refractivity contribution in [2.75, 3.05) is 24.7 Å². The molecule has 0 saturated heterocycles. The van der Waals surface area contributed by atoms with Gasteiger partial charge in [0, 0.05) is 13.1 Å². The molecule has 0 aliphatic heterocycles. The van der Waals surface area contributed by atoms with E-state index in [9.17, 15) is 0 Å². The molecule has 1 fully saturated rings. The molecule has 0 atom stereocenters. The van der Waals surface area contributed by atoms with Crippen LogP contribution >= 0.6 is 0 Å². The lowest BCUT2D eigenvalue weighted by molar-refractivity contribution is 0.203. The molecule has 0 amide bonds. The van der Waals surface area contributed by atoms with Gasteiger partial charge in [-0.15, -0.1) is 0 Å². The van der Waals surface area contributed by atoms with E-state index >= 15 is 0 Å². The maximum Gasteiger partial charge on any atom is 0.225 e. The molecule has 1 saturated carbocycles. The van der Waals surface area contributed by atoms with Gasteiger partial charge in [-0.2, -0.15) is 9.97 Å². The van der Waals surface area contributed by atoms with Gasteiger partial charge in [0.15, 0.2) is 0 Å². The minimum Gasteiger partial charge on any atom is -0.477 e. The van der Waals surface area contributed by atoms with Gasteiger partial charge in [0.2, 0.25) is 11.8 Å². The molecule has 1 aromatic heterocycles. The second kappa shape index (κ2) is 5.70. The number of nitrogens with zero attached hydrogens (tertiary/aromatic N) is 2. The zero-order valence-corrected chi connectivity index (χ0v) is 10.3. The smallest absolute Gasteiger partial charge is 0.225 e. The van der Waals surface area contributed by atoms with Crippen LogP contribution in [-0.4, -0.2) is 23.6 Å². The Kier molecular flexibility index (Phi) is 4.01. The fourth-order valence-corrected chi connectivity index (χ4v) is 2.20. The summed E-state index contributed by atoms with van der Waals surface area (Å²) in [5, 5.41) is 2.94. The van der Waals surface area contributed by atoms with Crippen molar-refractivity contribution in [1.82, 2.24) is 9.97 Å². The highest BCUT2D eigenvalue weighted by molar-refractivity contribution is 5.42. The highest BCUT2D eigenvalue weighted by Crippen LogP contribution is 2.24. The molecule has 1 aromatic rings. The zero-order chi connectivity index (χ0) is 12.1. The van der Waals surface area contributed by atoms with Crippen molar-refractivity contribution in [3.05, 3.63) is 6.07 Å². The summed E-state index contributed by atoms with van der Waals surface area (Å²) in [6, 6.07) is 1.78. The number of nitrogens with one attached hydrogen (secondary N) is 1. The Bertz CT molecular complexity index is 364. The summed E-state index contributed by atoms with van der Waals surface area (Å²) < 4.78 is 5.70. The first-order valence-electron chi connectivity index (χ1n) is 6.23. The lowest BCUT2D eigenvalue weighted by Crippen LogP contribution is -2.16. The molecule has 5 nitrogen and oxygen atoms in total. The lowest BCUT2D eigenvalue weighted by atomic mass is 9.90. The molecule has 0 bridgehead atoms. The molecular weight excluding hydrogens is 216 g/mol. The average Bonchev–Trinajstić information content (AvgIpc) is 2.37. The van der Waals surface area contributed by atoms with Crippen molar-refractivity contribution in [3.63, 3.8) is 0 Å². The Labute approximate surface area is 102 Å². The topological polar surface area (TPSA) is 73.1 Å². The molecule has 2 rings (SSSR count). The molecule has 0 unspecified atom stereocenters. The normalized spacial score (nSPS) is 16.8. The van der Waals surface area contributed by atoms with Crippen LogP contribution in [0.25, 0.3) is 0 Å². The van der Waals surface area contributed by atoms with Crippen LogP contribution in [0.1, 0.15) is 32.1 Å². The van der Waals surface area contributed by atoms with Crippen LogP contribution in [0.4, 0.5) is 11.8 Å². The van der Waals surface area contributed by atoms with Crippen LogP contribution in [0.2, 0.25) is 0 Å². The highest BCUT2D eigenvalue weighted by atomic mass is 16.5. The zero-order valence-electron chi connectivity index (χ0n) is 10.3. The first kappa shape index (κ1) is 12.0. The van der Waals surface area contributed by atoms with Crippen LogP contribution in [-0.2, 0) is 0 Å². The Balaban J connectivity index is 1.91. The van der Waals surface area contributed by atoms with Crippen LogP contribution in [0.15, 0.2) is 6.07 Å². The predicted molar refractivity (Wildman–Crippen MR) is 68.1 cm³/mol. The van der Waals surface area contributed by atoms with Crippen molar-refractivity contribution in [2.24, 2.45) is 5.92 Å². The van der Waals surface area contributed by atoms with E-state index in [0.717, 1.165) is 6.61 Å². The molecule has 3 N–H and O–H groups in total. The third kappa shape index (κ3) is 3.47. The van der Waals surface area contributed by atoms with Crippen molar-refractivity contribution < 1.29 is 4.74 Å². The van der Waals surface area contributed by atoms with E-state index in [1.54, 1.807) is 13.1 Å². The number of hydrogen-bond donors (Lipinski definition) is 2. The van der Waals surface area contributed by atoms with Crippen LogP contribution < -0.4 is 15.8 Å². The molecule has 1 aliphatic rings. The van der Waals surface area contributed by atoms with Gasteiger partial charge >= 0.3 is 0 Å². The summed E-state index contributed by atoms with van der Waals surface area (Å²) in [5.74, 6) is 2.16. The van der Waals surface area contributed by atoms with Gasteiger partial charge in [-0.1, -0.05) is 19.3 Å².